The van der Waals surface area contributed by atoms with Crippen molar-refractivity contribution in [3.8, 4) is 0 Å². The van der Waals surface area contributed by atoms with E-state index in [1.165, 1.54) is 0 Å². The quantitative estimate of drug-likeness (QED) is 0.469. The van der Waals surface area contributed by atoms with Crippen LogP contribution in [0.2, 0.25) is 0 Å². The number of carbonyl (C=O) groups is 1. The summed E-state index contributed by atoms with van der Waals surface area (Å²) in [5.74, 6) is 1.72. The van der Waals surface area contributed by atoms with E-state index in [9.17, 15) is 9.59 Å². The predicted octanol–water partition coefficient (Wildman–Crippen LogP) is 1.33. The van der Waals surface area contributed by atoms with Crippen LogP contribution in [-0.4, -0.2) is 24.4 Å². The zero-order chi connectivity index (χ0) is 9.40. The molecule has 0 amide bonds. The number of carbonyl (C=O) groups excluding carboxylic acids is 2. The van der Waals surface area contributed by atoms with Gasteiger partial charge in [-0.1, -0.05) is 0 Å². The standard InChI is InChI=1S/C8H11ClO3/c1-2-12-6-7(5-10)3-4-8(9)11/h2-4,6H2,1H3. The van der Waals surface area contributed by atoms with Gasteiger partial charge in [0.1, 0.15) is 5.94 Å². The normalized spacial score (nSPS) is 9.17. The van der Waals surface area contributed by atoms with Crippen LogP contribution in [0.15, 0.2) is 5.57 Å². The fraction of sp³-hybridized carbons (Fsp3) is 0.625. The van der Waals surface area contributed by atoms with Gasteiger partial charge in [-0.05, 0) is 24.9 Å². The molecular formula is C8H11ClO3. The minimum Gasteiger partial charge on any atom is -0.377 e. The number of hydrogen-bond donors (Lipinski definition) is 0. The van der Waals surface area contributed by atoms with Gasteiger partial charge in [-0.2, -0.15) is 0 Å². The van der Waals surface area contributed by atoms with Crippen LogP contribution in [0.3, 0.4) is 0 Å². The summed E-state index contributed by atoms with van der Waals surface area (Å²) >= 11 is 5.09. The van der Waals surface area contributed by atoms with Gasteiger partial charge in [0.25, 0.3) is 0 Å². The number of hydrogen-bond acceptors (Lipinski definition) is 3. The molecule has 0 fully saturated rings. The Labute approximate surface area is 76.3 Å². The van der Waals surface area contributed by atoms with Crippen molar-refractivity contribution in [2.75, 3.05) is 13.2 Å². The third-order valence-corrected chi connectivity index (χ3v) is 1.44. The highest BCUT2D eigenvalue weighted by atomic mass is 35.5. The average Bonchev–Trinajstić information content (AvgIpc) is 2.05. The van der Waals surface area contributed by atoms with E-state index in [4.69, 9.17) is 16.3 Å². The van der Waals surface area contributed by atoms with Gasteiger partial charge in [0.05, 0.1) is 6.61 Å². The highest BCUT2D eigenvalue weighted by Gasteiger charge is 2.02. The van der Waals surface area contributed by atoms with Crippen LogP contribution >= 0.6 is 11.6 Å². The summed E-state index contributed by atoms with van der Waals surface area (Å²) in [6.07, 6.45) is 0.505. The molecule has 0 aliphatic heterocycles. The molecule has 12 heavy (non-hydrogen) atoms. The number of halogens is 1. The Bertz CT molecular complexity index is 194. The molecule has 0 rings (SSSR count). The molecule has 0 unspecified atom stereocenters. The van der Waals surface area contributed by atoms with Gasteiger partial charge in [0.2, 0.25) is 5.24 Å². The minimum atomic E-state index is -0.445. The average molecular weight is 191 g/mol. The zero-order valence-corrected chi connectivity index (χ0v) is 7.69. The molecule has 0 saturated heterocycles. The lowest BCUT2D eigenvalue weighted by atomic mass is 10.2. The largest absolute Gasteiger partial charge is 0.377 e. The van der Waals surface area contributed by atoms with Crippen LogP contribution in [0.5, 0.6) is 0 Å². The van der Waals surface area contributed by atoms with Crippen molar-refractivity contribution in [3.05, 3.63) is 5.57 Å². The SMILES string of the molecule is CCOCC(=C=O)CCC(=O)Cl. The highest BCUT2D eigenvalue weighted by Crippen LogP contribution is 2.04. The lowest BCUT2D eigenvalue weighted by Gasteiger charge is -2.00. The Kier molecular flexibility index (Phi) is 6.67. The summed E-state index contributed by atoms with van der Waals surface area (Å²) in [5.41, 5.74) is 0.450. The first-order valence-corrected chi connectivity index (χ1v) is 4.07. The summed E-state index contributed by atoms with van der Waals surface area (Å²) in [4.78, 5) is 20.5. The molecule has 3 nitrogen and oxygen atoms in total. The molecule has 0 aliphatic carbocycles. The third-order valence-electron chi connectivity index (χ3n) is 1.25. The molecule has 0 bridgehead atoms. The van der Waals surface area contributed by atoms with Gasteiger partial charge in [-0.15, -0.1) is 0 Å². The van der Waals surface area contributed by atoms with Crippen molar-refractivity contribution in [1.82, 2.24) is 0 Å². The van der Waals surface area contributed by atoms with E-state index in [0.29, 0.717) is 18.6 Å². The van der Waals surface area contributed by atoms with Gasteiger partial charge in [-0.25, -0.2) is 4.79 Å². The fourth-order valence-electron chi connectivity index (χ4n) is 0.627. The second kappa shape index (κ2) is 7.04. The van der Waals surface area contributed by atoms with Crippen LogP contribution in [0, 0.1) is 0 Å². The Morgan fingerprint density at radius 1 is 1.50 bits per heavy atom. The molecule has 68 valence electrons. The van der Waals surface area contributed by atoms with Crippen molar-refractivity contribution in [1.29, 1.82) is 0 Å². The second-order valence-corrected chi connectivity index (χ2v) is 2.62. The van der Waals surface area contributed by atoms with Crippen molar-refractivity contribution >= 4 is 22.8 Å². The second-order valence-electron chi connectivity index (χ2n) is 2.20. The molecule has 4 heteroatoms. The topological polar surface area (TPSA) is 43.4 Å². The maximum Gasteiger partial charge on any atom is 0.221 e. The van der Waals surface area contributed by atoms with Gasteiger partial charge < -0.3 is 4.74 Å². The smallest absolute Gasteiger partial charge is 0.221 e. The molecule has 0 aromatic rings. The van der Waals surface area contributed by atoms with Crippen molar-refractivity contribution in [2.24, 2.45) is 0 Å². The summed E-state index contributed by atoms with van der Waals surface area (Å²) in [7, 11) is 0. The van der Waals surface area contributed by atoms with E-state index in [-0.39, 0.29) is 13.0 Å². The third kappa shape index (κ3) is 6.10. The van der Waals surface area contributed by atoms with Crippen LogP contribution in [0.1, 0.15) is 19.8 Å². The Hall–Kier alpha value is -0.630. The van der Waals surface area contributed by atoms with E-state index in [1.54, 1.807) is 5.94 Å². The van der Waals surface area contributed by atoms with E-state index in [0.717, 1.165) is 0 Å². The fourth-order valence-corrected chi connectivity index (χ4v) is 0.722. The summed E-state index contributed by atoms with van der Waals surface area (Å²) in [6, 6.07) is 0. The molecule has 0 saturated carbocycles. The molecule has 0 N–H and O–H groups in total. The molecular weight excluding hydrogens is 180 g/mol. The van der Waals surface area contributed by atoms with E-state index >= 15 is 0 Å². The monoisotopic (exact) mass is 190 g/mol. The van der Waals surface area contributed by atoms with Gasteiger partial charge in [-0.3, -0.25) is 4.79 Å². The predicted molar refractivity (Wildman–Crippen MR) is 45.8 cm³/mol. The maximum atomic E-state index is 10.3. The van der Waals surface area contributed by atoms with Crippen LogP contribution in [-0.2, 0) is 14.3 Å². The molecule has 0 heterocycles. The van der Waals surface area contributed by atoms with Gasteiger partial charge in [0.15, 0.2) is 0 Å². The first-order chi connectivity index (χ1) is 5.70. The van der Waals surface area contributed by atoms with Gasteiger partial charge >= 0.3 is 0 Å². The van der Waals surface area contributed by atoms with E-state index < -0.39 is 5.24 Å². The Balaban J connectivity index is 3.70. The maximum absolute atomic E-state index is 10.3. The first kappa shape index (κ1) is 11.4. The van der Waals surface area contributed by atoms with E-state index in [2.05, 4.69) is 0 Å². The number of rotatable bonds is 6. The molecule has 0 spiro atoms. The molecule has 0 aromatic heterocycles. The lowest BCUT2D eigenvalue weighted by molar-refractivity contribution is -0.111. The zero-order valence-electron chi connectivity index (χ0n) is 6.93. The summed E-state index contributed by atoms with van der Waals surface area (Å²) in [6.45, 7) is 2.61. The van der Waals surface area contributed by atoms with Crippen molar-refractivity contribution in [2.45, 2.75) is 19.8 Å². The molecule has 0 aliphatic rings. The Morgan fingerprint density at radius 2 is 2.17 bits per heavy atom. The van der Waals surface area contributed by atoms with E-state index in [1.807, 2.05) is 6.92 Å². The molecule has 0 atom stereocenters. The lowest BCUT2D eigenvalue weighted by Crippen LogP contribution is -2.00. The summed E-state index contributed by atoms with van der Waals surface area (Å²) < 4.78 is 4.96. The minimum absolute atomic E-state index is 0.166. The highest BCUT2D eigenvalue weighted by molar-refractivity contribution is 6.63. The van der Waals surface area contributed by atoms with Crippen molar-refractivity contribution < 1.29 is 14.3 Å². The molecule has 0 aromatic carbocycles. The van der Waals surface area contributed by atoms with Crippen molar-refractivity contribution in [3.63, 3.8) is 0 Å². The van der Waals surface area contributed by atoms with Crippen LogP contribution < -0.4 is 0 Å². The number of ether oxygens (including phenoxy) is 1. The van der Waals surface area contributed by atoms with Gasteiger partial charge in [0, 0.05) is 18.6 Å². The van der Waals surface area contributed by atoms with Crippen LogP contribution in [0.25, 0.3) is 0 Å². The summed E-state index contributed by atoms with van der Waals surface area (Å²) in [5, 5.41) is -0.445. The Morgan fingerprint density at radius 3 is 2.58 bits per heavy atom. The van der Waals surface area contributed by atoms with Crippen LogP contribution in [0.4, 0.5) is 0 Å². The first-order valence-electron chi connectivity index (χ1n) is 3.69. The molecule has 0 radical (unpaired) electrons.